The van der Waals surface area contributed by atoms with E-state index in [4.69, 9.17) is 0 Å². The van der Waals surface area contributed by atoms with E-state index in [9.17, 15) is 24.0 Å². The monoisotopic (exact) mass is 580 g/mol. The number of hydrogen-bond acceptors (Lipinski definition) is 7. The van der Waals surface area contributed by atoms with Crippen LogP contribution in [0.2, 0.25) is 0 Å². The Labute approximate surface area is 244 Å². The van der Waals surface area contributed by atoms with Crippen LogP contribution in [-0.4, -0.2) is 57.2 Å². The maximum atomic E-state index is 13.3. The molecule has 2 aromatic rings. The number of carbonyl (C=O) groups excluding carboxylic acids is 4. The number of aryl methyl sites for hydroxylation is 1. The fraction of sp³-hybridized carbons (Fsp3) is 0.533. The molecular formula is C30H40N6O6. The number of fused-ring (bicyclic) bond motifs is 2. The van der Waals surface area contributed by atoms with Crippen LogP contribution < -0.4 is 21.5 Å². The van der Waals surface area contributed by atoms with Crippen molar-refractivity contribution in [3.63, 3.8) is 0 Å². The number of anilines is 1. The predicted molar refractivity (Wildman–Crippen MR) is 155 cm³/mol. The molecule has 4 rings (SSSR count). The molecule has 2 saturated carbocycles. The third kappa shape index (κ3) is 6.17. The Morgan fingerprint density at radius 3 is 2.60 bits per heavy atom. The summed E-state index contributed by atoms with van der Waals surface area (Å²) in [5.41, 5.74) is -0.159. The van der Waals surface area contributed by atoms with Gasteiger partial charge in [-0.1, -0.05) is 26.8 Å². The Balaban J connectivity index is 1.43. The Kier molecular flexibility index (Phi) is 9.03. The largest absolute Gasteiger partial charge is 0.466 e. The second-order valence-corrected chi connectivity index (χ2v) is 11.9. The number of aromatic nitrogens is 3. The fourth-order valence-corrected chi connectivity index (χ4v) is 6.40. The minimum absolute atomic E-state index is 0.00900. The number of hydrogen-bond donors (Lipinski definition) is 3. The summed E-state index contributed by atoms with van der Waals surface area (Å²) in [4.78, 5) is 63.7. The second-order valence-electron chi connectivity index (χ2n) is 11.9. The molecule has 2 bridgehead atoms. The third-order valence-electron chi connectivity index (χ3n) is 9.47. The van der Waals surface area contributed by atoms with Crippen molar-refractivity contribution in [3.8, 4) is 0 Å². The van der Waals surface area contributed by atoms with Crippen LogP contribution in [0.1, 0.15) is 63.4 Å². The lowest BCUT2D eigenvalue weighted by Gasteiger charge is -2.39. The minimum atomic E-state index is -1.03. The molecule has 3 amide bonds. The van der Waals surface area contributed by atoms with Crippen molar-refractivity contribution in [1.29, 1.82) is 0 Å². The van der Waals surface area contributed by atoms with E-state index in [1.807, 2.05) is 0 Å². The highest BCUT2D eigenvalue weighted by Crippen LogP contribution is 2.65. The van der Waals surface area contributed by atoms with Crippen molar-refractivity contribution >= 4 is 29.4 Å². The normalized spacial score (nSPS) is 23.0. The molecule has 0 spiro atoms. The summed E-state index contributed by atoms with van der Waals surface area (Å²) >= 11 is 0. The van der Waals surface area contributed by atoms with Gasteiger partial charge in [-0.2, -0.15) is 5.10 Å². The predicted octanol–water partition coefficient (Wildman–Crippen LogP) is 2.16. The quantitative estimate of drug-likeness (QED) is 0.272. The first-order chi connectivity index (χ1) is 19.9. The molecular weight excluding hydrogens is 540 g/mol. The number of allylic oxidation sites excluding steroid dienone is 1. The lowest BCUT2D eigenvalue weighted by Crippen LogP contribution is -2.48. The van der Waals surface area contributed by atoms with Crippen molar-refractivity contribution in [3.05, 3.63) is 58.8 Å². The van der Waals surface area contributed by atoms with Gasteiger partial charge in [0.05, 0.1) is 7.11 Å². The van der Waals surface area contributed by atoms with Gasteiger partial charge in [-0.15, -0.1) is 0 Å². The maximum Gasteiger partial charge on any atom is 0.330 e. The summed E-state index contributed by atoms with van der Waals surface area (Å²) in [6.07, 6.45) is 9.31. The zero-order valence-electron chi connectivity index (χ0n) is 24.8. The topological polar surface area (TPSA) is 153 Å². The molecule has 2 fully saturated rings. The minimum Gasteiger partial charge on any atom is -0.466 e. The Morgan fingerprint density at radius 2 is 1.98 bits per heavy atom. The van der Waals surface area contributed by atoms with Gasteiger partial charge in [-0.05, 0) is 67.1 Å². The molecule has 12 heteroatoms. The van der Waals surface area contributed by atoms with Gasteiger partial charge in [0.25, 0.3) is 11.5 Å². The fourth-order valence-electron chi connectivity index (χ4n) is 6.40. The van der Waals surface area contributed by atoms with Gasteiger partial charge in [-0.25, -0.2) is 4.79 Å². The molecule has 0 aromatic carbocycles. The van der Waals surface area contributed by atoms with Gasteiger partial charge >= 0.3 is 5.97 Å². The number of rotatable bonds is 11. The number of ether oxygens (including phenoxy) is 1. The molecule has 4 atom stereocenters. The van der Waals surface area contributed by atoms with Gasteiger partial charge < -0.3 is 25.3 Å². The SMILES string of the molecule is COC(=O)/C=C/CC[C@H](NC(=O)c1ccnn1C)C(=O)Nc1cccn(CC(=O)N[C@H]2C[C@H]3CC[C@]2(C)C3(C)C)c1=O. The summed E-state index contributed by atoms with van der Waals surface area (Å²) in [5.74, 6) is -1.37. The van der Waals surface area contributed by atoms with E-state index in [0.29, 0.717) is 5.92 Å². The van der Waals surface area contributed by atoms with Crippen LogP contribution in [0.4, 0.5) is 5.69 Å². The highest BCUT2D eigenvalue weighted by molar-refractivity contribution is 6.00. The van der Waals surface area contributed by atoms with Crippen molar-refractivity contribution in [2.75, 3.05) is 12.4 Å². The molecule has 0 unspecified atom stereocenters. The number of pyridine rings is 1. The van der Waals surface area contributed by atoms with Crippen LogP contribution in [0, 0.1) is 16.7 Å². The highest BCUT2D eigenvalue weighted by atomic mass is 16.5. The van der Waals surface area contributed by atoms with Gasteiger partial charge in [0, 0.05) is 31.6 Å². The van der Waals surface area contributed by atoms with E-state index in [-0.39, 0.29) is 53.5 Å². The molecule has 0 radical (unpaired) electrons. The molecule has 2 aliphatic rings. The lowest BCUT2D eigenvalue weighted by molar-refractivity contribution is -0.134. The van der Waals surface area contributed by atoms with E-state index in [1.54, 1.807) is 13.1 Å². The summed E-state index contributed by atoms with van der Waals surface area (Å²) in [6.45, 7) is 6.60. The van der Waals surface area contributed by atoms with Crippen molar-refractivity contribution in [2.24, 2.45) is 23.8 Å². The average Bonchev–Trinajstić information content (AvgIpc) is 3.53. The molecule has 12 nitrogen and oxygen atoms in total. The summed E-state index contributed by atoms with van der Waals surface area (Å²) in [7, 11) is 2.86. The molecule has 226 valence electrons. The van der Waals surface area contributed by atoms with Crippen LogP contribution in [-0.2, 0) is 32.7 Å². The number of methoxy groups -OCH3 is 1. The molecule has 2 heterocycles. The van der Waals surface area contributed by atoms with Gasteiger partial charge in [0.1, 0.15) is 24.0 Å². The van der Waals surface area contributed by atoms with Crippen molar-refractivity contribution in [1.82, 2.24) is 25.0 Å². The molecule has 0 saturated heterocycles. The Bertz CT molecular complexity index is 1440. The Hall–Kier alpha value is -4.22. The zero-order chi connectivity index (χ0) is 30.7. The van der Waals surface area contributed by atoms with E-state index < -0.39 is 29.4 Å². The van der Waals surface area contributed by atoms with E-state index in [1.165, 1.54) is 59.5 Å². The van der Waals surface area contributed by atoms with Gasteiger partial charge in [0.2, 0.25) is 11.8 Å². The van der Waals surface area contributed by atoms with E-state index in [2.05, 4.69) is 46.6 Å². The van der Waals surface area contributed by atoms with Gasteiger partial charge in [-0.3, -0.25) is 23.9 Å². The number of esters is 1. The smallest absolute Gasteiger partial charge is 0.330 e. The summed E-state index contributed by atoms with van der Waals surface area (Å²) in [6, 6.07) is 3.56. The standard InChI is InChI=1S/C30H40N6O6/c1-29(2)19-12-14-30(29,3)23(17-19)34-24(37)18-36-16-8-10-21(28(36)41)33-26(39)20(9-6-7-11-25(38)42-5)32-27(40)22-13-15-31-35(22)4/h7-8,10-11,13,15-16,19-20,23H,6,9,12,14,17-18H2,1-5H3,(H,32,40)(H,33,39)(H,34,37)/b11-7+/t19-,20+,23+,30+/m1/s1. The zero-order valence-corrected chi connectivity index (χ0v) is 24.8. The molecule has 2 aliphatic carbocycles. The number of amides is 3. The first-order valence-electron chi connectivity index (χ1n) is 14.2. The highest BCUT2D eigenvalue weighted by Gasteiger charge is 2.61. The molecule has 0 aliphatic heterocycles. The summed E-state index contributed by atoms with van der Waals surface area (Å²) in [5, 5.41) is 12.4. The average molecular weight is 581 g/mol. The molecule has 42 heavy (non-hydrogen) atoms. The number of nitrogens with one attached hydrogen (secondary N) is 3. The lowest BCUT2D eigenvalue weighted by atomic mass is 9.69. The first-order valence-corrected chi connectivity index (χ1v) is 14.2. The molecule has 3 N–H and O–H groups in total. The van der Waals surface area contributed by atoms with E-state index in [0.717, 1.165) is 12.8 Å². The second kappa shape index (κ2) is 12.3. The van der Waals surface area contributed by atoms with Crippen LogP contribution in [0.15, 0.2) is 47.5 Å². The van der Waals surface area contributed by atoms with Crippen molar-refractivity contribution < 1.29 is 23.9 Å². The van der Waals surface area contributed by atoms with Crippen molar-refractivity contribution in [2.45, 2.75) is 71.5 Å². The molecule has 2 aromatic heterocycles. The number of nitrogens with zero attached hydrogens (tertiary/aromatic N) is 3. The maximum absolute atomic E-state index is 13.3. The first kappa shape index (κ1) is 30.7. The Morgan fingerprint density at radius 1 is 1.21 bits per heavy atom. The summed E-state index contributed by atoms with van der Waals surface area (Å²) < 4.78 is 7.21. The van der Waals surface area contributed by atoms with Crippen LogP contribution in [0.25, 0.3) is 0 Å². The van der Waals surface area contributed by atoms with Crippen LogP contribution >= 0.6 is 0 Å². The van der Waals surface area contributed by atoms with E-state index >= 15 is 0 Å². The number of carbonyl (C=O) groups is 4. The van der Waals surface area contributed by atoms with Gasteiger partial charge in [0.15, 0.2) is 0 Å². The van der Waals surface area contributed by atoms with Crippen LogP contribution in [0.5, 0.6) is 0 Å². The third-order valence-corrected chi connectivity index (χ3v) is 9.47. The van der Waals surface area contributed by atoms with Crippen LogP contribution in [0.3, 0.4) is 0 Å².